The molecule has 0 amide bonds. The van der Waals surface area contributed by atoms with Crippen molar-refractivity contribution in [3.05, 3.63) is 39.4 Å². The molecule has 0 bridgehead atoms. The summed E-state index contributed by atoms with van der Waals surface area (Å²) in [5.41, 5.74) is -0.609. The Labute approximate surface area is 108 Å². The Morgan fingerprint density at radius 2 is 2.11 bits per heavy atom. The fraction of sp³-hybridized carbons (Fsp3) is 0.455. The summed E-state index contributed by atoms with van der Waals surface area (Å²) in [6.07, 6.45) is 1.95. The molecule has 7 heteroatoms. The average molecular weight is 276 g/mol. The number of nitro benzene ring substituents is 1. The van der Waals surface area contributed by atoms with E-state index in [0.29, 0.717) is 17.9 Å². The molecule has 0 aliphatic heterocycles. The van der Waals surface area contributed by atoms with Crippen molar-refractivity contribution < 1.29 is 13.7 Å². The van der Waals surface area contributed by atoms with Gasteiger partial charge in [0.05, 0.1) is 4.92 Å². The van der Waals surface area contributed by atoms with Crippen molar-refractivity contribution in [1.29, 1.82) is 0 Å². The van der Waals surface area contributed by atoms with Crippen LogP contribution in [0.2, 0.25) is 0 Å². The first-order valence-corrected chi connectivity index (χ1v) is 6.60. The first kappa shape index (κ1) is 14.8. The van der Waals surface area contributed by atoms with Crippen molar-refractivity contribution in [2.75, 3.05) is 12.8 Å². The third-order valence-corrected chi connectivity index (χ3v) is 3.43. The maximum Gasteiger partial charge on any atom is 0.305 e. The van der Waals surface area contributed by atoms with E-state index in [1.165, 1.54) is 0 Å². The summed E-state index contributed by atoms with van der Waals surface area (Å²) < 4.78 is 26.5. The average Bonchev–Trinajstić information content (AvgIpc) is 2.31. The molecular weight excluding hydrogens is 262 g/mol. The highest BCUT2D eigenvalue weighted by molar-refractivity contribution is 7.99. The molecule has 18 heavy (non-hydrogen) atoms. The fourth-order valence-electron chi connectivity index (χ4n) is 1.35. The third kappa shape index (κ3) is 3.92. The van der Waals surface area contributed by atoms with Crippen LogP contribution in [-0.4, -0.2) is 23.0 Å². The van der Waals surface area contributed by atoms with E-state index in [1.807, 2.05) is 13.2 Å². The van der Waals surface area contributed by atoms with Crippen LogP contribution in [-0.2, 0) is 6.54 Å². The van der Waals surface area contributed by atoms with E-state index in [2.05, 4.69) is 5.32 Å². The molecule has 0 radical (unpaired) electrons. The summed E-state index contributed by atoms with van der Waals surface area (Å²) in [7, 11) is 0. The highest BCUT2D eigenvalue weighted by Gasteiger charge is 2.18. The minimum atomic E-state index is -1.15. The molecule has 100 valence electrons. The topological polar surface area (TPSA) is 55.2 Å². The first-order chi connectivity index (χ1) is 8.45. The molecule has 0 spiro atoms. The summed E-state index contributed by atoms with van der Waals surface area (Å²) >= 11 is 1.65. The number of benzene rings is 1. The van der Waals surface area contributed by atoms with Crippen LogP contribution in [0, 0.1) is 21.7 Å². The highest BCUT2D eigenvalue weighted by atomic mass is 32.2. The number of rotatable bonds is 6. The van der Waals surface area contributed by atoms with Crippen LogP contribution < -0.4 is 5.32 Å². The zero-order valence-electron chi connectivity index (χ0n) is 10.1. The summed E-state index contributed by atoms with van der Waals surface area (Å²) in [6, 6.07) is 1.48. The largest absolute Gasteiger partial charge is 0.311 e. The molecule has 0 heterocycles. The number of halogens is 2. The molecule has 0 saturated carbocycles. The Bertz CT molecular complexity index is 443. The zero-order chi connectivity index (χ0) is 13.7. The lowest BCUT2D eigenvalue weighted by atomic mass is 10.1. The SMILES string of the molecule is CSC(C)CNCc1cc([N+](=O)[O-])c(F)cc1F. The molecule has 1 N–H and O–H groups in total. The smallest absolute Gasteiger partial charge is 0.305 e. The molecule has 0 fully saturated rings. The summed E-state index contributed by atoms with van der Waals surface area (Å²) in [6.45, 7) is 2.78. The minimum absolute atomic E-state index is 0.0939. The molecule has 0 saturated heterocycles. The van der Waals surface area contributed by atoms with Crippen molar-refractivity contribution in [1.82, 2.24) is 5.32 Å². The van der Waals surface area contributed by atoms with Crippen molar-refractivity contribution in [3.8, 4) is 0 Å². The van der Waals surface area contributed by atoms with Gasteiger partial charge in [-0.3, -0.25) is 10.1 Å². The Kier molecular flexibility index (Phi) is 5.49. The van der Waals surface area contributed by atoms with Gasteiger partial charge in [-0.05, 0) is 6.26 Å². The lowest BCUT2D eigenvalue weighted by Crippen LogP contribution is -2.22. The second-order valence-electron chi connectivity index (χ2n) is 3.83. The zero-order valence-corrected chi connectivity index (χ0v) is 10.9. The monoisotopic (exact) mass is 276 g/mol. The molecule has 1 unspecified atom stereocenters. The fourth-order valence-corrected chi connectivity index (χ4v) is 1.63. The van der Waals surface area contributed by atoms with Crippen molar-refractivity contribution >= 4 is 17.4 Å². The van der Waals surface area contributed by atoms with E-state index >= 15 is 0 Å². The van der Waals surface area contributed by atoms with Crippen LogP contribution >= 0.6 is 11.8 Å². The predicted octanol–water partition coefficient (Wildman–Crippen LogP) is 2.71. The van der Waals surface area contributed by atoms with Crippen LogP contribution in [0.5, 0.6) is 0 Å². The van der Waals surface area contributed by atoms with Crippen molar-refractivity contribution in [3.63, 3.8) is 0 Å². The Morgan fingerprint density at radius 1 is 1.44 bits per heavy atom. The first-order valence-electron chi connectivity index (χ1n) is 5.31. The lowest BCUT2D eigenvalue weighted by molar-refractivity contribution is -0.387. The quantitative estimate of drug-likeness (QED) is 0.641. The highest BCUT2D eigenvalue weighted by Crippen LogP contribution is 2.21. The summed E-state index contributed by atoms with van der Waals surface area (Å²) in [4.78, 5) is 9.67. The molecule has 1 aromatic carbocycles. The number of hydrogen-bond donors (Lipinski definition) is 1. The maximum absolute atomic E-state index is 13.4. The molecule has 4 nitrogen and oxygen atoms in total. The van der Waals surface area contributed by atoms with Gasteiger partial charge in [-0.1, -0.05) is 6.92 Å². The van der Waals surface area contributed by atoms with Gasteiger partial charge in [0.2, 0.25) is 5.82 Å². The van der Waals surface area contributed by atoms with E-state index in [-0.39, 0.29) is 12.1 Å². The van der Waals surface area contributed by atoms with Gasteiger partial charge in [0, 0.05) is 36.0 Å². The van der Waals surface area contributed by atoms with Crippen LogP contribution in [0.4, 0.5) is 14.5 Å². The Morgan fingerprint density at radius 3 is 2.67 bits per heavy atom. The molecule has 1 rings (SSSR count). The minimum Gasteiger partial charge on any atom is -0.311 e. The molecule has 0 aliphatic rings. The van der Waals surface area contributed by atoms with Gasteiger partial charge in [0.25, 0.3) is 0 Å². The van der Waals surface area contributed by atoms with Gasteiger partial charge < -0.3 is 5.32 Å². The maximum atomic E-state index is 13.4. The van der Waals surface area contributed by atoms with Crippen LogP contribution in [0.1, 0.15) is 12.5 Å². The molecule has 1 atom stereocenters. The van der Waals surface area contributed by atoms with E-state index in [1.54, 1.807) is 11.8 Å². The van der Waals surface area contributed by atoms with Crippen LogP contribution in [0.25, 0.3) is 0 Å². The lowest BCUT2D eigenvalue weighted by Gasteiger charge is -2.10. The van der Waals surface area contributed by atoms with Crippen LogP contribution in [0.15, 0.2) is 12.1 Å². The number of hydrogen-bond acceptors (Lipinski definition) is 4. The second-order valence-corrected chi connectivity index (χ2v) is 5.11. The predicted molar refractivity (Wildman–Crippen MR) is 67.7 cm³/mol. The Hall–Kier alpha value is -1.21. The Balaban J connectivity index is 2.76. The normalized spacial score (nSPS) is 12.4. The standard InChI is InChI=1S/C11H14F2N2O2S/c1-7(18-2)5-14-6-8-3-11(15(16)17)10(13)4-9(8)12/h3-4,7,14H,5-6H2,1-2H3. The van der Waals surface area contributed by atoms with Crippen LogP contribution in [0.3, 0.4) is 0 Å². The van der Waals surface area contributed by atoms with Gasteiger partial charge >= 0.3 is 5.69 Å². The number of nitro groups is 1. The molecule has 0 aliphatic carbocycles. The third-order valence-electron chi connectivity index (χ3n) is 2.46. The van der Waals surface area contributed by atoms with E-state index < -0.39 is 22.2 Å². The van der Waals surface area contributed by atoms with Gasteiger partial charge in [-0.25, -0.2) is 4.39 Å². The van der Waals surface area contributed by atoms with E-state index in [9.17, 15) is 18.9 Å². The summed E-state index contributed by atoms with van der Waals surface area (Å²) in [5.74, 6) is -1.93. The van der Waals surface area contributed by atoms with Crippen molar-refractivity contribution in [2.45, 2.75) is 18.7 Å². The number of nitrogens with one attached hydrogen (secondary N) is 1. The van der Waals surface area contributed by atoms with E-state index in [0.717, 1.165) is 6.07 Å². The molecular formula is C11H14F2N2O2S. The molecule has 0 aromatic heterocycles. The van der Waals surface area contributed by atoms with Gasteiger partial charge in [-0.15, -0.1) is 0 Å². The summed E-state index contributed by atoms with van der Waals surface area (Å²) in [5, 5.41) is 13.9. The number of nitrogens with zero attached hydrogens (tertiary/aromatic N) is 1. The molecule has 1 aromatic rings. The van der Waals surface area contributed by atoms with Gasteiger partial charge in [0.15, 0.2) is 0 Å². The second kappa shape index (κ2) is 6.65. The number of thioether (sulfide) groups is 1. The van der Waals surface area contributed by atoms with E-state index in [4.69, 9.17) is 0 Å². The van der Waals surface area contributed by atoms with Crippen molar-refractivity contribution in [2.24, 2.45) is 0 Å². The van der Waals surface area contributed by atoms with Gasteiger partial charge in [0.1, 0.15) is 5.82 Å². The van der Waals surface area contributed by atoms with Gasteiger partial charge in [-0.2, -0.15) is 16.2 Å².